The van der Waals surface area contributed by atoms with E-state index in [1.165, 1.54) is 6.20 Å². The Kier molecular flexibility index (Phi) is 6.84. The molecule has 0 saturated heterocycles. The van der Waals surface area contributed by atoms with E-state index in [1.807, 2.05) is 0 Å². The van der Waals surface area contributed by atoms with Crippen molar-refractivity contribution >= 4 is 11.7 Å². The highest BCUT2D eigenvalue weighted by molar-refractivity contribution is 5.91. The van der Waals surface area contributed by atoms with Crippen molar-refractivity contribution in [2.24, 2.45) is 0 Å². The molecule has 0 spiro atoms. The molecule has 6 nitrogen and oxygen atoms in total. The van der Waals surface area contributed by atoms with E-state index in [-0.39, 0.29) is 6.61 Å². The number of ether oxygens (including phenoxy) is 3. The van der Waals surface area contributed by atoms with Crippen LogP contribution < -0.4 is 5.73 Å². The van der Waals surface area contributed by atoms with Gasteiger partial charge in [-0.1, -0.05) is 0 Å². The lowest BCUT2D eigenvalue weighted by molar-refractivity contribution is 0.0287. The molecule has 0 bridgehead atoms. The van der Waals surface area contributed by atoms with Crippen molar-refractivity contribution in [2.75, 3.05) is 39.3 Å². The van der Waals surface area contributed by atoms with Crippen molar-refractivity contribution in [2.45, 2.75) is 13.3 Å². The molecular formula is C13H20N2O4. The number of nitrogen functional groups attached to an aromatic ring is 1. The Balaban J connectivity index is 2.26. The molecule has 0 aliphatic heterocycles. The summed E-state index contributed by atoms with van der Waals surface area (Å²) >= 11 is 0. The summed E-state index contributed by atoms with van der Waals surface area (Å²) < 4.78 is 15.2. The molecule has 0 saturated carbocycles. The topological polar surface area (TPSA) is 83.7 Å². The summed E-state index contributed by atoms with van der Waals surface area (Å²) in [5, 5.41) is 0. The van der Waals surface area contributed by atoms with Crippen LogP contribution in [0, 0.1) is 6.92 Å². The molecule has 1 heterocycles. The number of hydrogen-bond acceptors (Lipinski definition) is 6. The third-order valence-electron chi connectivity index (χ3n) is 2.43. The lowest BCUT2D eigenvalue weighted by atomic mass is 10.2. The number of anilines is 1. The van der Waals surface area contributed by atoms with Crippen LogP contribution in [0.2, 0.25) is 0 Å². The van der Waals surface area contributed by atoms with Gasteiger partial charge >= 0.3 is 5.97 Å². The minimum absolute atomic E-state index is 0.208. The Morgan fingerprint density at radius 2 is 2.11 bits per heavy atom. The molecule has 106 valence electrons. The molecule has 0 fully saturated rings. The summed E-state index contributed by atoms with van der Waals surface area (Å²) in [6.07, 6.45) is 2.33. The smallest absolute Gasteiger partial charge is 0.340 e. The second kappa shape index (κ2) is 8.44. The Bertz CT molecular complexity index is 410. The Morgan fingerprint density at radius 1 is 1.32 bits per heavy atom. The van der Waals surface area contributed by atoms with E-state index in [2.05, 4.69) is 4.98 Å². The van der Waals surface area contributed by atoms with Gasteiger partial charge < -0.3 is 19.9 Å². The maximum absolute atomic E-state index is 11.8. The normalized spacial score (nSPS) is 10.4. The molecule has 1 aromatic heterocycles. The molecule has 0 aliphatic rings. The minimum atomic E-state index is -0.433. The first-order valence-electron chi connectivity index (χ1n) is 6.11. The number of hydrogen-bond donors (Lipinski definition) is 1. The summed E-state index contributed by atoms with van der Waals surface area (Å²) in [5.41, 5.74) is 7.01. The molecule has 0 unspecified atom stereocenters. The van der Waals surface area contributed by atoms with Gasteiger partial charge in [0, 0.05) is 20.3 Å². The van der Waals surface area contributed by atoms with Crippen molar-refractivity contribution < 1.29 is 19.0 Å². The Morgan fingerprint density at radius 3 is 2.84 bits per heavy atom. The first kappa shape index (κ1) is 15.4. The zero-order valence-corrected chi connectivity index (χ0v) is 11.3. The van der Waals surface area contributed by atoms with Gasteiger partial charge in [0.15, 0.2) is 0 Å². The van der Waals surface area contributed by atoms with Crippen molar-refractivity contribution in [1.29, 1.82) is 0 Å². The van der Waals surface area contributed by atoms with Crippen LogP contribution in [0.25, 0.3) is 0 Å². The van der Waals surface area contributed by atoms with Gasteiger partial charge in [0.1, 0.15) is 6.61 Å². The Labute approximate surface area is 112 Å². The summed E-state index contributed by atoms with van der Waals surface area (Å²) in [4.78, 5) is 15.8. The lowest BCUT2D eigenvalue weighted by Gasteiger charge is -2.08. The van der Waals surface area contributed by atoms with Gasteiger partial charge in [-0.15, -0.1) is 0 Å². The molecule has 0 amide bonds. The van der Waals surface area contributed by atoms with Crippen LogP contribution in [0.1, 0.15) is 22.5 Å². The van der Waals surface area contributed by atoms with E-state index in [0.29, 0.717) is 36.8 Å². The third kappa shape index (κ3) is 5.67. The predicted octanol–water partition coefficient (Wildman–Crippen LogP) is 1.18. The molecular weight excluding hydrogens is 248 g/mol. The van der Waals surface area contributed by atoms with Gasteiger partial charge in [0.25, 0.3) is 0 Å². The van der Waals surface area contributed by atoms with Crippen LogP contribution >= 0.6 is 0 Å². The number of rotatable bonds is 8. The van der Waals surface area contributed by atoms with E-state index in [0.717, 1.165) is 6.42 Å². The van der Waals surface area contributed by atoms with E-state index >= 15 is 0 Å². The van der Waals surface area contributed by atoms with Gasteiger partial charge in [0.2, 0.25) is 0 Å². The minimum Gasteiger partial charge on any atom is -0.460 e. The average Bonchev–Trinajstić information content (AvgIpc) is 2.40. The van der Waals surface area contributed by atoms with Crippen molar-refractivity contribution in [3.05, 3.63) is 23.5 Å². The van der Waals surface area contributed by atoms with E-state index in [9.17, 15) is 4.79 Å². The summed E-state index contributed by atoms with van der Waals surface area (Å²) in [5.74, 6) is -0.433. The van der Waals surface area contributed by atoms with Crippen LogP contribution in [0.3, 0.4) is 0 Å². The number of aryl methyl sites for hydroxylation is 1. The third-order valence-corrected chi connectivity index (χ3v) is 2.43. The quantitative estimate of drug-likeness (QED) is 0.563. The first-order valence-corrected chi connectivity index (χ1v) is 6.11. The van der Waals surface area contributed by atoms with Crippen molar-refractivity contribution in [3.8, 4) is 0 Å². The standard InChI is InChI=1S/C13H20N2O4/c1-10-12(8-11(14)9-15-10)13(16)19-7-6-18-5-3-4-17-2/h8-9H,3-7,14H2,1-2H3. The molecule has 1 rings (SSSR count). The largest absolute Gasteiger partial charge is 0.460 e. The fourth-order valence-electron chi connectivity index (χ4n) is 1.43. The number of pyridine rings is 1. The molecule has 2 N–H and O–H groups in total. The van der Waals surface area contributed by atoms with Crippen LogP contribution in [-0.2, 0) is 14.2 Å². The van der Waals surface area contributed by atoms with Crippen LogP contribution in [0.15, 0.2) is 12.3 Å². The number of esters is 1. The van der Waals surface area contributed by atoms with Gasteiger partial charge in [0.05, 0.1) is 29.7 Å². The summed E-state index contributed by atoms with van der Waals surface area (Å²) in [7, 11) is 1.64. The van der Waals surface area contributed by atoms with Gasteiger partial charge in [-0.25, -0.2) is 4.79 Å². The maximum Gasteiger partial charge on any atom is 0.340 e. The molecule has 0 aliphatic carbocycles. The van der Waals surface area contributed by atoms with Gasteiger partial charge in [-0.2, -0.15) is 0 Å². The van der Waals surface area contributed by atoms with Gasteiger partial charge in [-0.05, 0) is 19.4 Å². The highest BCUT2D eigenvalue weighted by Crippen LogP contribution is 2.10. The molecule has 1 aromatic rings. The first-order chi connectivity index (χ1) is 9.15. The number of aromatic nitrogens is 1. The molecule has 19 heavy (non-hydrogen) atoms. The number of nitrogens with zero attached hydrogens (tertiary/aromatic N) is 1. The van der Waals surface area contributed by atoms with E-state index in [4.69, 9.17) is 19.9 Å². The SMILES string of the molecule is COCCCOCCOC(=O)c1cc(N)cnc1C. The summed E-state index contributed by atoms with van der Waals surface area (Å²) in [6, 6.07) is 1.56. The lowest BCUT2D eigenvalue weighted by Crippen LogP contribution is -2.13. The fourth-order valence-corrected chi connectivity index (χ4v) is 1.43. The average molecular weight is 268 g/mol. The number of methoxy groups -OCH3 is 1. The van der Waals surface area contributed by atoms with E-state index in [1.54, 1.807) is 20.1 Å². The second-order valence-electron chi connectivity index (χ2n) is 4.00. The molecule has 0 aromatic carbocycles. The van der Waals surface area contributed by atoms with Crippen LogP contribution in [-0.4, -0.2) is 44.5 Å². The highest BCUT2D eigenvalue weighted by Gasteiger charge is 2.11. The van der Waals surface area contributed by atoms with Crippen LogP contribution in [0.5, 0.6) is 0 Å². The number of nitrogens with two attached hydrogens (primary N) is 1. The van der Waals surface area contributed by atoms with Gasteiger partial charge in [-0.3, -0.25) is 4.98 Å². The number of carbonyl (C=O) groups is 1. The maximum atomic E-state index is 11.8. The molecule has 0 radical (unpaired) electrons. The van der Waals surface area contributed by atoms with Crippen LogP contribution in [0.4, 0.5) is 5.69 Å². The van der Waals surface area contributed by atoms with Crippen molar-refractivity contribution in [1.82, 2.24) is 4.98 Å². The summed E-state index contributed by atoms with van der Waals surface area (Å²) in [6.45, 7) is 3.56. The number of carbonyl (C=O) groups excluding carboxylic acids is 1. The second-order valence-corrected chi connectivity index (χ2v) is 4.00. The van der Waals surface area contributed by atoms with Crippen molar-refractivity contribution in [3.63, 3.8) is 0 Å². The zero-order chi connectivity index (χ0) is 14.1. The monoisotopic (exact) mass is 268 g/mol. The van der Waals surface area contributed by atoms with E-state index < -0.39 is 5.97 Å². The zero-order valence-electron chi connectivity index (χ0n) is 11.3. The molecule has 6 heteroatoms. The molecule has 0 atom stereocenters. The Hall–Kier alpha value is -1.66. The predicted molar refractivity (Wildman–Crippen MR) is 71.0 cm³/mol. The fraction of sp³-hybridized carbons (Fsp3) is 0.538. The highest BCUT2D eigenvalue weighted by atomic mass is 16.6.